The van der Waals surface area contributed by atoms with Gasteiger partial charge in [-0.2, -0.15) is 0 Å². The van der Waals surface area contributed by atoms with Gasteiger partial charge in [-0.1, -0.05) is 23.2 Å². The Bertz CT molecular complexity index is 826. The minimum absolute atomic E-state index is 0.0622. The van der Waals surface area contributed by atoms with E-state index in [2.05, 4.69) is 5.32 Å². The maximum absolute atomic E-state index is 13.5. The number of rotatable bonds is 1. The van der Waals surface area contributed by atoms with Gasteiger partial charge in [0, 0.05) is 22.8 Å². The molecule has 0 saturated heterocycles. The molecule has 110 valence electrons. The summed E-state index contributed by atoms with van der Waals surface area (Å²) in [5.74, 6) is -0.870. The molecule has 2 rings (SSSR count). The average molecular weight is 347 g/mol. The van der Waals surface area contributed by atoms with E-state index in [0.717, 1.165) is 15.3 Å². The smallest absolute Gasteiger partial charge is 0.332 e. The highest BCUT2D eigenvalue weighted by Gasteiger charge is 2.10. The molecule has 0 spiro atoms. The highest BCUT2D eigenvalue weighted by molar-refractivity contribution is 7.80. The molecule has 1 heterocycles. The molecule has 9 heteroatoms. The third-order valence-corrected chi connectivity index (χ3v) is 3.36. The van der Waals surface area contributed by atoms with Crippen LogP contribution >= 0.6 is 35.4 Å². The van der Waals surface area contributed by atoms with E-state index < -0.39 is 17.0 Å². The lowest BCUT2D eigenvalue weighted by atomic mass is 10.3. The number of hydrogen-bond donors (Lipinski definition) is 2. The molecule has 0 radical (unpaired) electrons. The molecule has 0 aliphatic rings. The van der Waals surface area contributed by atoms with Crippen molar-refractivity contribution in [3.63, 3.8) is 0 Å². The lowest BCUT2D eigenvalue weighted by Gasteiger charge is -2.12. The van der Waals surface area contributed by atoms with Crippen molar-refractivity contribution in [2.45, 2.75) is 0 Å². The molecule has 0 atom stereocenters. The average Bonchev–Trinajstić information content (AvgIpc) is 2.39. The first kappa shape index (κ1) is 15.7. The second kappa shape index (κ2) is 5.97. The zero-order valence-electron chi connectivity index (χ0n) is 10.7. The first-order chi connectivity index (χ1) is 9.79. The van der Waals surface area contributed by atoms with Crippen LogP contribution < -0.4 is 16.5 Å². The molecular weight excluding hydrogens is 338 g/mol. The van der Waals surface area contributed by atoms with Crippen molar-refractivity contribution in [3.8, 4) is 0 Å². The molecule has 0 amide bonds. The topological polar surface area (TPSA) is 62.8 Å². The van der Waals surface area contributed by atoms with E-state index in [9.17, 15) is 9.18 Å². The second-order valence-electron chi connectivity index (χ2n) is 4.13. The Morgan fingerprint density at radius 3 is 2.48 bits per heavy atom. The van der Waals surface area contributed by atoms with Gasteiger partial charge in [0.05, 0.1) is 6.20 Å². The number of nitrogens with zero attached hydrogens (tertiary/aromatic N) is 2. The van der Waals surface area contributed by atoms with Crippen LogP contribution in [0.1, 0.15) is 0 Å². The largest absolute Gasteiger partial charge is 0.335 e. The molecule has 5 nitrogen and oxygen atoms in total. The van der Waals surface area contributed by atoms with E-state index in [0.29, 0.717) is 15.7 Å². The van der Waals surface area contributed by atoms with Gasteiger partial charge in [0.15, 0.2) is 16.4 Å². The first-order valence-electron chi connectivity index (χ1n) is 5.60. The van der Waals surface area contributed by atoms with E-state index in [4.69, 9.17) is 40.8 Å². The quantitative estimate of drug-likeness (QED) is 0.779. The zero-order valence-corrected chi connectivity index (χ0v) is 13.0. The van der Waals surface area contributed by atoms with E-state index >= 15 is 0 Å². The van der Waals surface area contributed by atoms with Crippen LogP contribution in [0.25, 0.3) is 0 Å². The van der Waals surface area contributed by atoms with Crippen molar-refractivity contribution in [1.82, 2.24) is 9.13 Å². The van der Waals surface area contributed by atoms with Gasteiger partial charge >= 0.3 is 5.69 Å². The van der Waals surface area contributed by atoms with E-state index in [1.54, 1.807) is 12.1 Å². The molecule has 1 aromatic carbocycles. The lowest BCUT2D eigenvalue weighted by Crippen LogP contribution is -2.43. The van der Waals surface area contributed by atoms with Crippen LogP contribution in [-0.2, 0) is 7.05 Å². The van der Waals surface area contributed by atoms with Crippen LogP contribution in [0.5, 0.6) is 0 Å². The number of hydrogen-bond acceptors (Lipinski definition) is 3. The molecule has 0 fully saturated rings. The van der Waals surface area contributed by atoms with Crippen molar-refractivity contribution in [2.75, 3.05) is 5.32 Å². The third-order valence-electron chi connectivity index (χ3n) is 2.63. The molecular formula is C12H9Cl2FN4OS. The molecule has 0 saturated carbocycles. The molecule has 0 aliphatic carbocycles. The Labute approximate surface area is 134 Å². The van der Waals surface area contributed by atoms with Gasteiger partial charge in [-0.25, -0.2) is 13.8 Å². The summed E-state index contributed by atoms with van der Waals surface area (Å²) < 4.78 is 15.3. The number of benzene rings is 1. The van der Waals surface area contributed by atoms with Gasteiger partial charge in [0.25, 0.3) is 0 Å². The summed E-state index contributed by atoms with van der Waals surface area (Å²) in [7, 11) is 1.28. The predicted molar refractivity (Wildman–Crippen MR) is 83.6 cm³/mol. The van der Waals surface area contributed by atoms with Crippen molar-refractivity contribution in [3.05, 3.63) is 56.2 Å². The van der Waals surface area contributed by atoms with Crippen LogP contribution in [0.4, 0.5) is 10.1 Å². The fraction of sp³-hybridized carbons (Fsp3) is 0.0833. The lowest BCUT2D eigenvalue weighted by molar-refractivity contribution is 0.547. The minimum Gasteiger partial charge on any atom is -0.332 e. The van der Waals surface area contributed by atoms with Crippen molar-refractivity contribution >= 4 is 46.2 Å². The van der Waals surface area contributed by atoms with Gasteiger partial charge in [0.1, 0.15) is 0 Å². The van der Waals surface area contributed by atoms with Crippen molar-refractivity contribution in [1.29, 1.82) is 5.41 Å². The Morgan fingerprint density at radius 1 is 1.33 bits per heavy atom. The highest BCUT2D eigenvalue weighted by Crippen LogP contribution is 2.22. The second-order valence-corrected chi connectivity index (χ2v) is 5.39. The third kappa shape index (κ3) is 3.31. The summed E-state index contributed by atoms with van der Waals surface area (Å²) in [5.41, 5.74) is -0.709. The van der Waals surface area contributed by atoms with Gasteiger partial charge in [-0.3, -0.25) is 9.98 Å². The van der Waals surface area contributed by atoms with Gasteiger partial charge in [0.2, 0.25) is 0 Å². The van der Waals surface area contributed by atoms with Crippen LogP contribution in [0, 0.1) is 11.2 Å². The SMILES string of the molecule is Cn1c(=N)c(F)cn(C(=S)Nc2cc(Cl)cc(Cl)c2)c1=O. The van der Waals surface area contributed by atoms with E-state index in [1.165, 1.54) is 13.1 Å². The monoisotopic (exact) mass is 346 g/mol. The molecule has 0 bridgehead atoms. The summed E-state index contributed by atoms with van der Waals surface area (Å²) in [6.07, 6.45) is 0.853. The summed E-state index contributed by atoms with van der Waals surface area (Å²) >= 11 is 16.8. The molecule has 1 aromatic heterocycles. The Hall–Kier alpha value is -1.70. The normalized spacial score (nSPS) is 10.5. The summed E-state index contributed by atoms with van der Waals surface area (Å²) in [4.78, 5) is 12.0. The van der Waals surface area contributed by atoms with Crippen LogP contribution in [0.2, 0.25) is 10.0 Å². The van der Waals surface area contributed by atoms with Crippen molar-refractivity contribution < 1.29 is 4.39 Å². The van der Waals surface area contributed by atoms with Crippen LogP contribution in [0.3, 0.4) is 0 Å². The van der Waals surface area contributed by atoms with Gasteiger partial charge in [-0.15, -0.1) is 0 Å². The number of thiocarbonyl (C=S) groups is 1. The Morgan fingerprint density at radius 2 is 1.90 bits per heavy atom. The number of nitrogens with one attached hydrogen (secondary N) is 2. The number of halogens is 3. The Balaban J connectivity index is 2.42. The predicted octanol–water partition coefficient (Wildman–Crippen LogP) is 2.36. The van der Waals surface area contributed by atoms with E-state index in [-0.39, 0.29) is 5.11 Å². The zero-order chi connectivity index (χ0) is 15.7. The number of aromatic nitrogens is 2. The maximum atomic E-state index is 13.5. The summed E-state index contributed by atoms with van der Waals surface area (Å²) in [5, 5.41) is 10.8. The van der Waals surface area contributed by atoms with Gasteiger partial charge < -0.3 is 5.32 Å². The molecule has 0 aliphatic heterocycles. The Kier molecular flexibility index (Phi) is 4.46. The molecule has 2 N–H and O–H groups in total. The highest BCUT2D eigenvalue weighted by atomic mass is 35.5. The maximum Gasteiger partial charge on any atom is 0.335 e. The first-order valence-corrected chi connectivity index (χ1v) is 6.76. The minimum atomic E-state index is -0.870. The van der Waals surface area contributed by atoms with Crippen LogP contribution in [0.15, 0.2) is 29.2 Å². The summed E-state index contributed by atoms with van der Waals surface area (Å²) in [6.45, 7) is 0. The number of anilines is 1. The fourth-order valence-corrected chi connectivity index (χ4v) is 2.38. The molecule has 0 unspecified atom stereocenters. The summed E-state index contributed by atoms with van der Waals surface area (Å²) in [6, 6.07) is 4.65. The standard InChI is InChI=1S/C12H9Cl2FN4OS/c1-18-10(16)9(15)5-19(12(18)20)11(21)17-8-3-6(13)2-7(14)4-8/h2-5,16H,1H3,(H,17,21). The van der Waals surface area contributed by atoms with E-state index in [1.807, 2.05) is 0 Å². The van der Waals surface area contributed by atoms with Crippen molar-refractivity contribution in [2.24, 2.45) is 7.05 Å². The molecule has 2 aromatic rings. The molecule has 21 heavy (non-hydrogen) atoms. The van der Waals surface area contributed by atoms with Crippen LogP contribution in [-0.4, -0.2) is 14.2 Å². The van der Waals surface area contributed by atoms with Gasteiger partial charge in [-0.05, 0) is 30.4 Å². The fourth-order valence-electron chi connectivity index (χ4n) is 1.60.